The van der Waals surface area contributed by atoms with Gasteiger partial charge < -0.3 is 14.2 Å². The second-order valence-electron chi connectivity index (χ2n) is 15.9. The summed E-state index contributed by atoms with van der Waals surface area (Å²) in [5.41, 5.74) is 12.1. The third-order valence-corrected chi connectivity index (χ3v) is 12.5. The van der Waals surface area contributed by atoms with Crippen molar-refractivity contribution in [1.29, 1.82) is 0 Å². The van der Waals surface area contributed by atoms with Crippen LogP contribution in [0.1, 0.15) is 26.3 Å². The van der Waals surface area contributed by atoms with Crippen LogP contribution in [0.15, 0.2) is 182 Å². The maximum Gasteiger partial charge on any atom is 0.0728 e. The summed E-state index contributed by atoms with van der Waals surface area (Å²) in [7, 11) is 0. The number of fused-ring (bicyclic) bond motifs is 9. The molecule has 0 aliphatic carbocycles. The number of hydrogen-bond donors (Lipinski definition) is 0. The average molecular weight is 738 g/mol. The largest absolute Gasteiger partial charge is 0.310 e. The maximum atomic E-state index is 2.57. The minimum atomic E-state index is 0.00166. The molecule has 0 N–H and O–H groups in total. The van der Waals surface area contributed by atoms with Crippen molar-refractivity contribution in [2.24, 2.45) is 0 Å². The highest BCUT2D eigenvalue weighted by Crippen LogP contribution is 2.49. The SMILES string of the molecule is CC(C)(C)c1cc2c3cc4ccc(N(c5ccccc5)c5ccccc5)cc4cc3n3c2c(c1)c1sc2cc(N(c4ccccc4)c4ccccc4)ccc2c13. The summed E-state index contributed by atoms with van der Waals surface area (Å²) in [5, 5.41) is 7.73. The van der Waals surface area contributed by atoms with Gasteiger partial charge in [-0.3, -0.25) is 0 Å². The molecule has 0 unspecified atom stereocenters. The molecule has 0 saturated heterocycles. The van der Waals surface area contributed by atoms with Crippen molar-refractivity contribution < 1.29 is 0 Å². The van der Waals surface area contributed by atoms with Gasteiger partial charge in [0, 0.05) is 60.4 Å². The Hall–Kier alpha value is -6.62. The van der Waals surface area contributed by atoms with E-state index in [1.807, 2.05) is 11.3 Å². The Morgan fingerprint density at radius 3 is 1.48 bits per heavy atom. The molecule has 56 heavy (non-hydrogen) atoms. The first kappa shape index (κ1) is 32.8. The van der Waals surface area contributed by atoms with Gasteiger partial charge in [0.25, 0.3) is 0 Å². The average Bonchev–Trinajstić information content (AvgIpc) is 3.86. The Kier molecular flexibility index (Phi) is 7.29. The smallest absolute Gasteiger partial charge is 0.0728 e. The van der Waals surface area contributed by atoms with Crippen molar-refractivity contribution in [2.45, 2.75) is 26.2 Å². The third kappa shape index (κ3) is 5.10. The van der Waals surface area contributed by atoms with Crippen LogP contribution in [0.2, 0.25) is 0 Å². The van der Waals surface area contributed by atoms with Crippen LogP contribution in [0.3, 0.4) is 0 Å². The highest BCUT2D eigenvalue weighted by Gasteiger charge is 2.26. The first-order chi connectivity index (χ1) is 27.4. The second kappa shape index (κ2) is 12.5. The van der Waals surface area contributed by atoms with Crippen molar-refractivity contribution >= 4 is 104 Å². The molecule has 0 bridgehead atoms. The Bertz CT molecular complexity index is 3130. The molecular weight excluding hydrogens is 699 g/mol. The summed E-state index contributed by atoms with van der Waals surface area (Å²) in [4.78, 5) is 4.71. The number of rotatable bonds is 6. The lowest BCUT2D eigenvalue weighted by molar-refractivity contribution is 0.592. The van der Waals surface area contributed by atoms with Crippen LogP contribution in [0.5, 0.6) is 0 Å². The summed E-state index contributed by atoms with van der Waals surface area (Å²) in [6.07, 6.45) is 0. The number of thiophene rings is 1. The molecule has 0 amide bonds. The van der Waals surface area contributed by atoms with Gasteiger partial charge in [-0.2, -0.15) is 0 Å². The molecule has 0 fully saturated rings. The summed E-state index contributed by atoms with van der Waals surface area (Å²) < 4.78 is 5.21. The van der Waals surface area contributed by atoms with Crippen molar-refractivity contribution in [3.05, 3.63) is 188 Å². The molecule has 0 radical (unpaired) electrons. The van der Waals surface area contributed by atoms with E-state index < -0.39 is 0 Å². The summed E-state index contributed by atoms with van der Waals surface area (Å²) in [6, 6.07) is 66.4. The van der Waals surface area contributed by atoms with Gasteiger partial charge in [-0.25, -0.2) is 0 Å². The van der Waals surface area contributed by atoms with E-state index in [1.165, 1.54) is 63.8 Å². The number of benzene rings is 8. The summed E-state index contributed by atoms with van der Waals surface area (Å²) in [6.45, 7) is 6.99. The van der Waals surface area contributed by atoms with E-state index >= 15 is 0 Å². The highest BCUT2D eigenvalue weighted by atomic mass is 32.1. The Morgan fingerprint density at radius 2 is 0.929 bits per heavy atom. The van der Waals surface area contributed by atoms with E-state index in [2.05, 4.69) is 217 Å². The van der Waals surface area contributed by atoms with Gasteiger partial charge in [-0.1, -0.05) is 99.6 Å². The molecule has 0 aliphatic rings. The zero-order chi connectivity index (χ0) is 37.5. The molecule has 3 nitrogen and oxygen atoms in total. The van der Waals surface area contributed by atoms with Gasteiger partial charge in [0.05, 0.1) is 21.3 Å². The van der Waals surface area contributed by atoms with Crippen LogP contribution in [0.25, 0.3) is 58.3 Å². The minimum absolute atomic E-state index is 0.00166. The molecule has 8 aromatic carbocycles. The standard InChI is InChI=1S/C52H39N3S/c1-52(2,3)36-31-45-44-29-34-24-25-41(53(37-16-8-4-9-17-37)38-18-10-5-11-19-38)28-35(34)30-47(44)55-49(45)46(32-36)51-50(55)43-27-26-42(33-48(43)56-51)54(39-20-12-6-13-21-39)40-22-14-7-15-23-40/h4-33H,1-3H3. The van der Waals surface area contributed by atoms with Crippen LogP contribution >= 0.6 is 11.3 Å². The van der Waals surface area contributed by atoms with Gasteiger partial charge in [0.2, 0.25) is 0 Å². The number of aromatic nitrogens is 1. The van der Waals surface area contributed by atoms with Gasteiger partial charge in [-0.15, -0.1) is 11.3 Å². The lowest BCUT2D eigenvalue weighted by atomic mass is 9.85. The predicted octanol–water partition coefficient (Wildman–Crippen LogP) is 15.4. The molecule has 11 aromatic rings. The zero-order valence-electron chi connectivity index (χ0n) is 31.6. The van der Waals surface area contributed by atoms with Crippen molar-refractivity contribution in [1.82, 2.24) is 4.40 Å². The van der Waals surface area contributed by atoms with Crippen LogP contribution < -0.4 is 9.80 Å². The molecule has 0 aliphatic heterocycles. The van der Waals surface area contributed by atoms with Gasteiger partial charge in [0.15, 0.2) is 0 Å². The van der Waals surface area contributed by atoms with E-state index in [0.717, 1.165) is 34.1 Å². The lowest BCUT2D eigenvalue weighted by Gasteiger charge is -2.25. The van der Waals surface area contributed by atoms with Crippen molar-refractivity contribution in [3.8, 4) is 0 Å². The topological polar surface area (TPSA) is 10.9 Å². The van der Waals surface area contributed by atoms with Crippen LogP contribution in [0, 0.1) is 0 Å². The fourth-order valence-electron chi connectivity index (χ4n) is 8.67. The first-order valence-electron chi connectivity index (χ1n) is 19.3. The minimum Gasteiger partial charge on any atom is -0.310 e. The van der Waals surface area contributed by atoms with Gasteiger partial charge in [-0.05, 0) is 125 Å². The molecule has 3 aromatic heterocycles. The van der Waals surface area contributed by atoms with E-state index in [4.69, 9.17) is 0 Å². The van der Waals surface area contributed by atoms with Gasteiger partial charge in [0.1, 0.15) is 0 Å². The normalized spacial score (nSPS) is 12.2. The molecule has 11 rings (SSSR count). The quantitative estimate of drug-likeness (QED) is 0.168. The predicted molar refractivity (Wildman–Crippen MR) is 242 cm³/mol. The number of nitrogens with zero attached hydrogens (tertiary/aromatic N) is 3. The highest BCUT2D eigenvalue weighted by molar-refractivity contribution is 7.26. The molecule has 4 heteroatoms. The molecule has 0 atom stereocenters. The van der Waals surface area contributed by atoms with Crippen LogP contribution in [-0.4, -0.2) is 4.40 Å². The van der Waals surface area contributed by atoms with Crippen molar-refractivity contribution in [2.75, 3.05) is 9.80 Å². The fraction of sp³-hybridized carbons (Fsp3) is 0.0769. The maximum absolute atomic E-state index is 2.57. The molecular formula is C52H39N3S. The summed E-state index contributed by atoms with van der Waals surface area (Å²) in [5.74, 6) is 0. The van der Waals surface area contributed by atoms with Crippen LogP contribution in [0.4, 0.5) is 34.1 Å². The zero-order valence-corrected chi connectivity index (χ0v) is 32.4. The Labute approximate surface area is 330 Å². The first-order valence-corrected chi connectivity index (χ1v) is 20.2. The molecule has 268 valence electrons. The number of para-hydroxylation sites is 4. The Morgan fingerprint density at radius 1 is 0.411 bits per heavy atom. The number of hydrogen-bond acceptors (Lipinski definition) is 3. The van der Waals surface area contributed by atoms with E-state index in [-0.39, 0.29) is 5.41 Å². The van der Waals surface area contributed by atoms with E-state index in [1.54, 1.807) is 0 Å². The van der Waals surface area contributed by atoms with Crippen LogP contribution in [-0.2, 0) is 5.41 Å². The fourth-order valence-corrected chi connectivity index (χ4v) is 9.91. The Balaban J connectivity index is 1.17. The number of anilines is 6. The van der Waals surface area contributed by atoms with Crippen molar-refractivity contribution in [3.63, 3.8) is 0 Å². The molecule has 0 spiro atoms. The van der Waals surface area contributed by atoms with Gasteiger partial charge >= 0.3 is 0 Å². The summed E-state index contributed by atoms with van der Waals surface area (Å²) >= 11 is 1.92. The monoisotopic (exact) mass is 737 g/mol. The third-order valence-electron chi connectivity index (χ3n) is 11.4. The lowest BCUT2D eigenvalue weighted by Crippen LogP contribution is -2.10. The van der Waals surface area contributed by atoms with E-state index in [9.17, 15) is 0 Å². The second-order valence-corrected chi connectivity index (χ2v) is 16.9. The molecule has 0 saturated carbocycles. The molecule has 3 heterocycles. The van der Waals surface area contributed by atoms with E-state index in [0.29, 0.717) is 0 Å².